The Morgan fingerprint density at radius 3 is 3.09 bits per heavy atom. The average Bonchev–Trinajstić information content (AvgIpc) is 3.14. The number of likely N-dealkylation sites (N-methyl/N-ethyl adjacent to an activating group) is 1. The Balaban J connectivity index is 1.49. The van der Waals surface area contributed by atoms with E-state index in [-0.39, 0.29) is 0 Å². The van der Waals surface area contributed by atoms with Gasteiger partial charge in [-0.3, -0.25) is 4.90 Å². The minimum Gasteiger partial charge on any atom is -0.380 e. The number of ether oxygens (including phenoxy) is 2. The van der Waals surface area contributed by atoms with Gasteiger partial charge in [0, 0.05) is 36.5 Å². The van der Waals surface area contributed by atoms with Crippen molar-refractivity contribution in [2.75, 3.05) is 47.0 Å². The molecule has 4 nitrogen and oxygen atoms in total. The second kappa shape index (κ2) is 7.88. The summed E-state index contributed by atoms with van der Waals surface area (Å²) in [5.41, 5.74) is 0. The van der Waals surface area contributed by atoms with Gasteiger partial charge >= 0.3 is 0 Å². The Labute approximate surface area is 138 Å². The van der Waals surface area contributed by atoms with E-state index in [1.54, 1.807) is 0 Å². The Kier molecular flexibility index (Phi) is 5.88. The quantitative estimate of drug-likeness (QED) is 0.719. The summed E-state index contributed by atoms with van der Waals surface area (Å²) in [6.07, 6.45) is 2.85. The maximum absolute atomic E-state index is 6.11. The molecule has 0 amide bonds. The highest BCUT2D eigenvalue weighted by Gasteiger charge is 2.42. The molecule has 1 aliphatic carbocycles. The Bertz CT molecular complexity index is 438. The summed E-state index contributed by atoms with van der Waals surface area (Å²) in [7, 11) is 4.17. The molecular formula is C17H28N2O2S. The van der Waals surface area contributed by atoms with Crippen LogP contribution in [0.15, 0.2) is 17.5 Å². The fourth-order valence-electron chi connectivity index (χ4n) is 3.60. The summed E-state index contributed by atoms with van der Waals surface area (Å²) in [4.78, 5) is 6.25. The van der Waals surface area contributed by atoms with Gasteiger partial charge in [0.05, 0.1) is 25.9 Å². The number of hydrogen-bond donors (Lipinski definition) is 0. The summed E-state index contributed by atoms with van der Waals surface area (Å²) in [5.74, 6) is 0.568. The maximum Gasteiger partial charge on any atom is 0.0781 e. The summed E-state index contributed by atoms with van der Waals surface area (Å²) in [6.45, 7) is 5.66. The van der Waals surface area contributed by atoms with Crippen molar-refractivity contribution in [1.29, 1.82) is 0 Å². The molecule has 2 fully saturated rings. The predicted molar refractivity (Wildman–Crippen MR) is 90.4 cm³/mol. The standard InChI is InChI=1S/C17H28N2O2S/c1-18(2)7-9-20-13-14-5-6-16-17(14)21-10-8-19(16)12-15-4-3-11-22-15/h3-4,11,14,16-17H,5-10,12-13H2,1-2H3/t14-,16+,17-/m0/s1. The second-order valence-electron chi connectivity index (χ2n) is 6.67. The van der Waals surface area contributed by atoms with Crippen LogP contribution in [0.3, 0.4) is 0 Å². The molecule has 0 spiro atoms. The lowest BCUT2D eigenvalue weighted by Crippen LogP contribution is -2.50. The number of thiophene rings is 1. The maximum atomic E-state index is 6.11. The number of hydrogen-bond acceptors (Lipinski definition) is 5. The molecule has 0 N–H and O–H groups in total. The van der Waals surface area contributed by atoms with Crippen LogP contribution < -0.4 is 0 Å². The van der Waals surface area contributed by atoms with Crippen molar-refractivity contribution in [3.8, 4) is 0 Å². The zero-order chi connectivity index (χ0) is 15.4. The van der Waals surface area contributed by atoms with Crippen LogP contribution in [0.25, 0.3) is 0 Å². The van der Waals surface area contributed by atoms with Crippen LogP contribution in [-0.2, 0) is 16.0 Å². The fraction of sp³-hybridized carbons (Fsp3) is 0.765. The summed E-state index contributed by atoms with van der Waals surface area (Å²) >= 11 is 1.86. The van der Waals surface area contributed by atoms with Crippen molar-refractivity contribution in [1.82, 2.24) is 9.80 Å². The lowest BCUT2D eigenvalue weighted by Gasteiger charge is -2.39. The van der Waals surface area contributed by atoms with Crippen LogP contribution in [0.5, 0.6) is 0 Å². The van der Waals surface area contributed by atoms with Crippen molar-refractivity contribution in [3.63, 3.8) is 0 Å². The first-order valence-electron chi connectivity index (χ1n) is 8.34. The first-order chi connectivity index (χ1) is 10.7. The van der Waals surface area contributed by atoms with E-state index in [4.69, 9.17) is 9.47 Å². The number of rotatable bonds is 7. The Morgan fingerprint density at radius 1 is 1.41 bits per heavy atom. The van der Waals surface area contributed by atoms with Crippen molar-refractivity contribution in [2.24, 2.45) is 5.92 Å². The molecular weight excluding hydrogens is 296 g/mol. The van der Waals surface area contributed by atoms with Crippen LogP contribution in [-0.4, -0.2) is 69.0 Å². The molecule has 2 aliphatic rings. The van der Waals surface area contributed by atoms with Gasteiger partial charge in [-0.15, -0.1) is 11.3 Å². The third-order valence-electron chi connectivity index (χ3n) is 4.79. The molecule has 0 aromatic carbocycles. The highest BCUT2D eigenvalue weighted by Crippen LogP contribution is 2.35. The van der Waals surface area contributed by atoms with E-state index in [0.717, 1.165) is 39.5 Å². The van der Waals surface area contributed by atoms with Gasteiger partial charge in [0.15, 0.2) is 0 Å². The smallest absolute Gasteiger partial charge is 0.0781 e. The van der Waals surface area contributed by atoms with E-state index in [1.165, 1.54) is 17.7 Å². The van der Waals surface area contributed by atoms with Crippen LogP contribution in [0.2, 0.25) is 0 Å². The van der Waals surface area contributed by atoms with Gasteiger partial charge in [0.2, 0.25) is 0 Å². The van der Waals surface area contributed by atoms with Crippen molar-refractivity contribution < 1.29 is 9.47 Å². The normalized spacial score (nSPS) is 29.1. The highest BCUT2D eigenvalue weighted by molar-refractivity contribution is 7.09. The monoisotopic (exact) mass is 324 g/mol. The van der Waals surface area contributed by atoms with E-state index in [1.807, 2.05) is 11.3 Å². The zero-order valence-electron chi connectivity index (χ0n) is 13.7. The van der Waals surface area contributed by atoms with Gasteiger partial charge in [0.25, 0.3) is 0 Å². The minimum absolute atomic E-state index is 0.369. The molecule has 22 heavy (non-hydrogen) atoms. The predicted octanol–water partition coefficient (Wildman–Crippen LogP) is 2.31. The van der Waals surface area contributed by atoms with Crippen molar-refractivity contribution in [2.45, 2.75) is 31.5 Å². The third-order valence-corrected chi connectivity index (χ3v) is 5.65. The summed E-state index contributed by atoms with van der Waals surface area (Å²) in [6, 6.07) is 4.97. The molecule has 2 heterocycles. The largest absolute Gasteiger partial charge is 0.380 e. The van der Waals surface area contributed by atoms with Crippen molar-refractivity contribution >= 4 is 11.3 Å². The average molecular weight is 324 g/mol. The van der Waals surface area contributed by atoms with Crippen LogP contribution in [0, 0.1) is 5.92 Å². The molecule has 3 rings (SSSR count). The minimum atomic E-state index is 0.369. The third kappa shape index (κ3) is 4.09. The molecule has 0 radical (unpaired) electrons. The molecule has 3 atom stereocenters. The Morgan fingerprint density at radius 2 is 2.32 bits per heavy atom. The molecule has 1 aliphatic heterocycles. The van der Waals surface area contributed by atoms with Gasteiger partial charge in [-0.25, -0.2) is 0 Å². The molecule has 1 saturated carbocycles. The number of morpholine rings is 1. The molecule has 1 aromatic rings. The fourth-order valence-corrected chi connectivity index (χ4v) is 4.33. The summed E-state index contributed by atoms with van der Waals surface area (Å²) in [5, 5.41) is 2.17. The number of nitrogens with zero attached hydrogens (tertiary/aromatic N) is 2. The second-order valence-corrected chi connectivity index (χ2v) is 7.70. The lowest BCUT2D eigenvalue weighted by atomic mass is 10.0. The van der Waals surface area contributed by atoms with Gasteiger partial charge in [0.1, 0.15) is 0 Å². The lowest BCUT2D eigenvalue weighted by molar-refractivity contribution is -0.0881. The van der Waals surface area contributed by atoms with E-state index in [2.05, 4.69) is 41.4 Å². The first-order valence-corrected chi connectivity index (χ1v) is 9.22. The molecule has 1 aromatic heterocycles. The van der Waals surface area contributed by atoms with E-state index >= 15 is 0 Å². The Hall–Kier alpha value is -0.460. The van der Waals surface area contributed by atoms with E-state index < -0.39 is 0 Å². The molecule has 0 bridgehead atoms. The van der Waals surface area contributed by atoms with E-state index in [0.29, 0.717) is 18.1 Å². The van der Waals surface area contributed by atoms with Gasteiger partial charge in [-0.1, -0.05) is 6.07 Å². The zero-order valence-corrected chi connectivity index (χ0v) is 14.6. The molecule has 5 heteroatoms. The van der Waals surface area contributed by atoms with Crippen LogP contribution in [0.4, 0.5) is 0 Å². The molecule has 1 saturated heterocycles. The summed E-state index contributed by atoms with van der Waals surface area (Å²) < 4.78 is 12.0. The van der Waals surface area contributed by atoms with Gasteiger partial charge in [-0.2, -0.15) is 0 Å². The molecule has 124 valence electrons. The SMILES string of the molecule is CN(C)CCOC[C@@H]1CC[C@@H]2[C@H]1OCCN2Cc1cccs1. The first kappa shape index (κ1) is 16.4. The van der Waals surface area contributed by atoms with E-state index in [9.17, 15) is 0 Å². The van der Waals surface area contributed by atoms with Gasteiger partial charge in [-0.05, 0) is 38.4 Å². The topological polar surface area (TPSA) is 24.9 Å². The number of fused-ring (bicyclic) bond motifs is 1. The highest BCUT2D eigenvalue weighted by atomic mass is 32.1. The molecule has 0 unspecified atom stereocenters. The van der Waals surface area contributed by atoms with Gasteiger partial charge < -0.3 is 14.4 Å². The van der Waals surface area contributed by atoms with Crippen molar-refractivity contribution in [3.05, 3.63) is 22.4 Å². The van der Waals surface area contributed by atoms with Crippen LogP contribution >= 0.6 is 11.3 Å². The van der Waals surface area contributed by atoms with Crippen LogP contribution in [0.1, 0.15) is 17.7 Å².